The van der Waals surface area contributed by atoms with Gasteiger partial charge in [-0.2, -0.15) is 5.10 Å². The molecule has 0 N–H and O–H groups in total. The van der Waals surface area contributed by atoms with Gasteiger partial charge in [0, 0.05) is 26.2 Å². The Morgan fingerprint density at radius 1 is 1.45 bits per heavy atom. The van der Waals surface area contributed by atoms with Crippen molar-refractivity contribution in [2.45, 2.75) is 20.0 Å². The smallest absolute Gasteiger partial charge is 0.329 e. The summed E-state index contributed by atoms with van der Waals surface area (Å²) in [6.07, 6.45) is 0. The summed E-state index contributed by atoms with van der Waals surface area (Å²) in [6, 6.07) is 1.31. The Labute approximate surface area is 128 Å². The molecule has 9 nitrogen and oxygen atoms in total. The van der Waals surface area contributed by atoms with Gasteiger partial charge in [-0.1, -0.05) is 0 Å². The topological polar surface area (TPSA) is 103 Å². The standard InChI is InChI=1S/C12H13N5O4S/c1-7-8(17(20)21)5-9(22-7)11(18)15-3-4-16-10(6-15)13-14(2)12(16)19/h5H,3-4,6H2,1-2H3. The number of carbonyl (C=O) groups is 1. The lowest BCUT2D eigenvalue weighted by atomic mass is 10.3. The predicted octanol–water partition coefficient (Wildman–Crippen LogP) is 0.516. The SMILES string of the molecule is Cc1sc(C(=O)N2CCn3c(nn(C)c3=O)C2)cc1[N+](=O)[O-]. The van der Waals surface area contributed by atoms with Crippen molar-refractivity contribution in [3.63, 3.8) is 0 Å². The molecule has 0 spiro atoms. The number of nitrogens with zero attached hydrogens (tertiary/aromatic N) is 5. The van der Waals surface area contributed by atoms with E-state index in [0.29, 0.717) is 28.7 Å². The fourth-order valence-electron chi connectivity index (χ4n) is 2.46. The molecule has 116 valence electrons. The first kappa shape index (κ1) is 14.4. The van der Waals surface area contributed by atoms with Crippen LogP contribution in [-0.4, -0.2) is 36.6 Å². The van der Waals surface area contributed by atoms with Crippen LogP contribution in [0.15, 0.2) is 10.9 Å². The van der Waals surface area contributed by atoms with Gasteiger partial charge in [0.25, 0.3) is 11.6 Å². The van der Waals surface area contributed by atoms with Crippen LogP contribution in [0, 0.1) is 17.0 Å². The van der Waals surface area contributed by atoms with Crippen LogP contribution in [0.2, 0.25) is 0 Å². The monoisotopic (exact) mass is 323 g/mol. The average molecular weight is 323 g/mol. The second-order valence-corrected chi connectivity index (χ2v) is 6.27. The van der Waals surface area contributed by atoms with Crippen LogP contribution in [0.3, 0.4) is 0 Å². The maximum Gasteiger partial charge on any atom is 0.345 e. The normalized spacial score (nSPS) is 14.0. The van der Waals surface area contributed by atoms with Gasteiger partial charge in [0.2, 0.25) is 0 Å². The molecule has 0 atom stereocenters. The Kier molecular flexibility index (Phi) is 3.32. The quantitative estimate of drug-likeness (QED) is 0.592. The van der Waals surface area contributed by atoms with E-state index in [-0.39, 0.29) is 23.8 Å². The number of aryl methyl sites for hydroxylation is 2. The third kappa shape index (κ3) is 2.21. The summed E-state index contributed by atoms with van der Waals surface area (Å²) in [5, 5.41) is 15.0. The van der Waals surface area contributed by atoms with Crippen LogP contribution >= 0.6 is 11.3 Å². The van der Waals surface area contributed by atoms with Gasteiger partial charge < -0.3 is 4.90 Å². The van der Waals surface area contributed by atoms with Gasteiger partial charge in [0.05, 0.1) is 21.2 Å². The van der Waals surface area contributed by atoms with Crippen molar-refractivity contribution in [3.8, 4) is 0 Å². The first-order chi connectivity index (χ1) is 10.4. The van der Waals surface area contributed by atoms with Crippen molar-refractivity contribution in [2.75, 3.05) is 6.54 Å². The molecule has 22 heavy (non-hydrogen) atoms. The Morgan fingerprint density at radius 3 is 2.82 bits per heavy atom. The molecule has 10 heteroatoms. The average Bonchev–Trinajstić information content (AvgIpc) is 2.99. The van der Waals surface area contributed by atoms with Crippen molar-refractivity contribution >= 4 is 22.9 Å². The minimum atomic E-state index is -0.491. The Balaban J connectivity index is 1.86. The molecule has 1 amide bonds. The molecule has 2 aromatic heterocycles. The third-order valence-corrected chi connectivity index (χ3v) is 4.62. The fraction of sp³-hybridized carbons (Fsp3) is 0.417. The third-order valence-electron chi connectivity index (χ3n) is 3.60. The molecule has 3 rings (SSSR count). The van der Waals surface area contributed by atoms with Crippen molar-refractivity contribution in [2.24, 2.45) is 7.05 Å². The van der Waals surface area contributed by atoms with Crippen molar-refractivity contribution in [1.82, 2.24) is 19.2 Å². The largest absolute Gasteiger partial charge is 0.345 e. The van der Waals surface area contributed by atoms with Crippen LogP contribution in [0.25, 0.3) is 0 Å². The van der Waals surface area contributed by atoms with Gasteiger partial charge in [-0.05, 0) is 6.92 Å². The molecule has 1 aliphatic heterocycles. The number of thiophene rings is 1. The van der Waals surface area contributed by atoms with Crippen LogP contribution in [0.1, 0.15) is 20.4 Å². The molecule has 0 bridgehead atoms. The predicted molar refractivity (Wildman–Crippen MR) is 77.9 cm³/mol. The van der Waals surface area contributed by atoms with Crippen LogP contribution in [-0.2, 0) is 20.1 Å². The molecule has 0 aromatic carbocycles. The van der Waals surface area contributed by atoms with E-state index in [4.69, 9.17) is 0 Å². The van der Waals surface area contributed by atoms with Gasteiger partial charge in [-0.25, -0.2) is 9.48 Å². The highest BCUT2D eigenvalue weighted by Gasteiger charge is 2.28. The summed E-state index contributed by atoms with van der Waals surface area (Å²) in [6.45, 7) is 2.59. The highest BCUT2D eigenvalue weighted by atomic mass is 32.1. The molecule has 0 saturated carbocycles. The molecular weight excluding hydrogens is 310 g/mol. The van der Waals surface area contributed by atoms with E-state index in [2.05, 4.69) is 5.10 Å². The molecule has 0 fully saturated rings. The minimum absolute atomic E-state index is 0.0416. The van der Waals surface area contributed by atoms with E-state index >= 15 is 0 Å². The zero-order valence-corrected chi connectivity index (χ0v) is 12.8. The van der Waals surface area contributed by atoms with Gasteiger partial charge in [0.15, 0.2) is 5.82 Å². The highest BCUT2D eigenvalue weighted by Crippen LogP contribution is 2.29. The molecule has 2 aromatic rings. The Morgan fingerprint density at radius 2 is 2.18 bits per heavy atom. The van der Waals surface area contributed by atoms with Crippen LogP contribution < -0.4 is 5.69 Å². The number of fused-ring (bicyclic) bond motifs is 1. The number of carbonyl (C=O) groups excluding carboxylic acids is 1. The lowest BCUT2D eigenvalue weighted by molar-refractivity contribution is -0.385. The van der Waals surface area contributed by atoms with E-state index in [1.54, 1.807) is 18.9 Å². The van der Waals surface area contributed by atoms with E-state index in [1.807, 2.05) is 0 Å². The number of aromatic nitrogens is 3. The van der Waals surface area contributed by atoms with Gasteiger partial charge in [-0.15, -0.1) is 11.3 Å². The summed E-state index contributed by atoms with van der Waals surface area (Å²) in [5.41, 5.74) is -0.246. The number of amides is 1. The van der Waals surface area contributed by atoms with E-state index in [0.717, 1.165) is 11.3 Å². The number of hydrogen-bond acceptors (Lipinski definition) is 6. The molecule has 0 aliphatic carbocycles. The Bertz CT molecular complexity index is 833. The van der Waals surface area contributed by atoms with Gasteiger partial charge in [0.1, 0.15) is 0 Å². The molecule has 0 unspecified atom stereocenters. The molecule has 0 saturated heterocycles. The van der Waals surface area contributed by atoms with Gasteiger partial charge >= 0.3 is 5.69 Å². The Hall–Kier alpha value is -2.49. The first-order valence-corrected chi connectivity index (χ1v) is 7.37. The number of rotatable bonds is 2. The number of nitro groups is 1. The molecule has 0 radical (unpaired) electrons. The maximum absolute atomic E-state index is 12.5. The van der Waals surface area contributed by atoms with E-state index in [1.165, 1.54) is 15.3 Å². The van der Waals surface area contributed by atoms with Crippen molar-refractivity contribution < 1.29 is 9.72 Å². The minimum Gasteiger partial charge on any atom is -0.329 e. The van der Waals surface area contributed by atoms with Crippen LogP contribution in [0.4, 0.5) is 5.69 Å². The second kappa shape index (κ2) is 5.05. The van der Waals surface area contributed by atoms with E-state index in [9.17, 15) is 19.7 Å². The fourth-order valence-corrected chi connectivity index (χ4v) is 3.41. The lowest BCUT2D eigenvalue weighted by Gasteiger charge is -2.26. The summed E-state index contributed by atoms with van der Waals surface area (Å²) >= 11 is 1.11. The van der Waals surface area contributed by atoms with Gasteiger partial charge in [-0.3, -0.25) is 19.5 Å². The first-order valence-electron chi connectivity index (χ1n) is 6.55. The zero-order chi connectivity index (χ0) is 16.0. The van der Waals surface area contributed by atoms with Crippen LogP contribution in [0.5, 0.6) is 0 Å². The summed E-state index contributed by atoms with van der Waals surface area (Å²) in [4.78, 5) is 37.0. The maximum atomic E-state index is 12.5. The van der Waals surface area contributed by atoms with Crippen molar-refractivity contribution in [3.05, 3.63) is 42.2 Å². The zero-order valence-electron chi connectivity index (χ0n) is 12.0. The highest BCUT2D eigenvalue weighted by molar-refractivity contribution is 7.14. The molecule has 3 heterocycles. The molecule has 1 aliphatic rings. The van der Waals surface area contributed by atoms with Crippen molar-refractivity contribution in [1.29, 1.82) is 0 Å². The summed E-state index contributed by atoms with van der Waals surface area (Å²) < 4.78 is 2.77. The summed E-state index contributed by atoms with van der Waals surface area (Å²) in [5.74, 6) is 0.250. The lowest BCUT2D eigenvalue weighted by Crippen LogP contribution is -2.40. The summed E-state index contributed by atoms with van der Waals surface area (Å²) in [7, 11) is 1.56. The number of hydrogen-bond donors (Lipinski definition) is 0. The second-order valence-electron chi connectivity index (χ2n) is 5.01. The van der Waals surface area contributed by atoms with E-state index < -0.39 is 4.92 Å². The molecular formula is C12H13N5O4S.